The zero-order chi connectivity index (χ0) is 13.7. The second kappa shape index (κ2) is 6.23. The third kappa shape index (κ3) is 3.82. The highest BCUT2D eigenvalue weighted by molar-refractivity contribution is 7.14. The molecule has 1 aromatic heterocycles. The summed E-state index contributed by atoms with van der Waals surface area (Å²) in [5.74, 6) is 5.77. The molecule has 0 spiro atoms. The topological polar surface area (TPSA) is 55.1 Å². The summed E-state index contributed by atoms with van der Waals surface area (Å²) in [4.78, 5) is 13.7. The van der Waals surface area contributed by atoms with Gasteiger partial charge in [-0.25, -0.2) is 0 Å². The molecule has 0 radical (unpaired) electrons. The minimum atomic E-state index is 0.0215. The van der Waals surface area contributed by atoms with E-state index in [-0.39, 0.29) is 5.91 Å². The predicted octanol–water partition coefficient (Wildman–Crippen LogP) is 2.37. The Hall–Kier alpha value is -1.31. The minimum absolute atomic E-state index is 0.0215. The summed E-state index contributed by atoms with van der Waals surface area (Å²) >= 11 is 1.42. The van der Waals surface area contributed by atoms with Gasteiger partial charge in [-0.2, -0.15) is 0 Å². The van der Waals surface area contributed by atoms with Gasteiger partial charge in [0.1, 0.15) is 0 Å². The second-order valence-electron chi connectivity index (χ2n) is 5.10. The second-order valence-corrected chi connectivity index (χ2v) is 6.19. The number of rotatable bonds is 5. The quantitative estimate of drug-likeness (QED) is 0.811. The maximum atomic E-state index is 12.0. The molecule has 2 rings (SSSR count). The first-order chi connectivity index (χ1) is 9.19. The molecule has 1 aliphatic rings. The highest BCUT2D eigenvalue weighted by Gasteiger charge is 2.41. The van der Waals surface area contributed by atoms with Crippen molar-refractivity contribution in [2.24, 2.45) is 11.1 Å². The molecule has 0 atom stereocenters. The monoisotopic (exact) mass is 276 g/mol. The summed E-state index contributed by atoms with van der Waals surface area (Å²) in [7, 11) is 0. The van der Waals surface area contributed by atoms with Crippen LogP contribution in [-0.4, -0.2) is 19.0 Å². The van der Waals surface area contributed by atoms with Gasteiger partial charge in [-0.15, -0.1) is 11.3 Å². The molecular weight excluding hydrogens is 256 g/mol. The summed E-state index contributed by atoms with van der Waals surface area (Å²) in [5.41, 5.74) is 5.72. The fourth-order valence-corrected chi connectivity index (χ4v) is 3.04. The van der Waals surface area contributed by atoms with E-state index in [0.29, 0.717) is 12.0 Å². The molecule has 1 aliphatic carbocycles. The summed E-state index contributed by atoms with van der Waals surface area (Å²) in [6, 6.07) is 3.71. The van der Waals surface area contributed by atoms with Crippen LogP contribution in [0, 0.1) is 17.3 Å². The van der Waals surface area contributed by atoms with E-state index in [1.54, 1.807) is 0 Å². The van der Waals surface area contributed by atoms with Crippen molar-refractivity contribution in [3.05, 3.63) is 21.9 Å². The molecule has 1 saturated carbocycles. The Bertz CT molecular complexity index is 506. The van der Waals surface area contributed by atoms with Gasteiger partial charge >= 0.3 is 0 Å². The molecule has 0 saturated heterocycles. The van der Waals surface area contributed by atoms with Gasteiger partial charge in [-0.3, -0.25) is 4.79 Å². The molecule has 19 heavy (non-hydrogen) atoms. The minimum Gasteiger partial charge on any atom is -0.351 e. The standard InChI is InChI=1S/C15H20N2OS/c1-2-7-15(8-9-15)11-17-14(18)13-6-5-12(19-13)4-3-10-16/h5-6H,2,7-11,16H2,1H3,(H,17,18). The molecule has 1 heterocycles. The zero-order valence-electron chi connectivity index (χ0n) is 11.3. The zero-order valence-corrected chi connectivity index (χ0v) is 12.1. The normalized spacial score (nSPS) is 15.5. The number of carbonyl (C=O) groups excluding carboxylic acids is 1. The van der Waals surface area contributed by atoms with E-state index < -0.39 is 0 Å². The van der Waals surface area contributed by atoms with Crippen molar-refractivity contribution < 1.29 is 4.79 Å². The maximum Gasteiger partial charge on any atom is 0.261 e. The van der Waals surface area contributed by atoms with Crippen molar-refractivity contribution in [1.82, 2.24) is 5.32 Å². The largest absolute Gasteiger partial charge is 0.351 e. The molecule has 3 N–H and O–H groups in total. The number of amides is 1. The van der Waals surface area contributed by atoms with E-state index in [1.807, 2.05) is 12.1 Å². The van der Waals surface area contributed by atoms with E-state index in [0.717, 1.165) is 16.3 Å². The van der Waals surface area contributed by atoms with Gasteiger partial charge in [0.2, 0.25) is 0 Å². The highest BCUT2D eigenvalue weighted by atomic mass is 32.1. The van der Waals surface area contributed by atoms with Crippen molar-refractivity contribution in [3.8, 4) is 11.8 Å². The molecule has 1 amide bonds. The van der Waals surface area contributed by atoms with Crippen LogP contribution in [0.1, 0.15) is 47.2 Å². The predicted molar refractivity (Wildman–Crippen MR) is 79.2 cm³/mol. The lowest BCUT2D eigenvalue weighted by molar-refractivity contribution is 0.0948. The molecular formula is C15H20N2OS. The molecule has 102 valence electrons. The van der Waals surface area contributed by atoms with E-state index in [1.165, 1.54) is 37.0 Å². The van der Waals surface area contributed by atoms with Crippen molar-refractivity contribution in [2.75, 3.05) is 13.1 Å². The van der Waals surface area contributed by atoms with Crippen LogP contribution in [0.25, 0.3) is 0 Å². The van der Waals surface area contributed by atoms with Crippen molar-refractivity contribution in [2.45, 2.75) is 32.6 Å². The van der Waals surface area contributed by atoms with Crippen molar-refractivity contribution in [3.63, 3.8) is 0 Å². The van der Waals surface area contributed by atoms with Crippen LogP contribution in [0.3, 0.4) is 0 Å². The number of carbonyl (C=O) groups is 1. The number of hydrogen-bond acceptors (Lipinski definition) is 3. The number of nitrogens with two attached hydrogens (primary N) is 1. The fraction of sp³-hybridized carbons (Fsp3) is 0.533. The average Bonchev–Trinajstić information content (AvgIpc) is 3.01. The Balaban J connectivity index is 1.88. The highest BCUT2D eigenvalue weighted by Crippen LogP contribution is 2.48. The fourth-order valence-electron chi connectivity index (χ4n) is 2.24. The Morgan fingerprint density at radius 2 is 2.32 bits per heavy atom. The van der Waals surface area contributed by atoms with Gasteiger partial charge in [0.05, 0.1) is 16.3 Å². The van der Waals surface area contributed by atoms with Crippen LogP contribution in [0.15, 0.2) is 12.1 Å². The average molecular weight is 276 g/mol. The summed E-state index contributed by atoms with van der Waals surface area (Å²) in [6.45, 7) is 3.35. The van der Waals surface area contributed by atoms with Gasteiger partial charge in [0, 0.05) is 6.54 Å². The van der Waals surface area contributed by atoms with Crippen molar-refractivity contribution in [1.29, 1.82) is 0 Å². The molecule has 1 fully saturated rings. The van der Waals surface area contributed by atoms with Gasteiger partial charge in [-0.1, -0.05) is 25.2 Å². The smallest absolute Gasteiger partial charge is 0.261 e. The first-order valence-corrected chi connectivity index (χ1v) is 7.58. The molecule has 0 aliphatic heterocycles. The van der Waals surface area contributed by atoms with E-state index in [9.17, 15) is 4.79 Å². The molecule has 4 heteroatoms. The number of hydrogen-bond donors (Lipinski definition) is 2. The van der Waals surface area contributed by atoms with Crippen molar-refractivity contribution >= 4 is 17.2 Å². The lowest BCUT2D eigenvalue weighted by Gasteiger charge is -2.14. The maximum absolute atomic E-state index is 12.0. The summed E-state index contributed by atoms with van der Waals surface area (Å²) in [6.07, 6.45) is 4.90. The summed E-state index contributed by atoms with van der Waals surface area (Å²) in [5, 5.41) is 3.05. The molecule has 1 aromatic rings. The lowest BCUT2D eigenvalue weighted by Crippen LogP contribution is -2.29. The van der Waals surface area contributed by atoms with E-state index in [4.69, 9.17) is 5.73 Å². The van der Waals surface area contributed by atoms with E-state index in [2.05, 4.69) is 24.1 Å². The Labute approximate surface area is 118 Å². The van der Waals surface area contributed by atoms with Crippen LogP contribution in [0.5, 0.6) is 0 Å². The summed E-state index contributed by atoms with van der Waals surface area (Å²) < 4.78 is 0. The lowest BCUT2D eigenvalue weighted by atomic mass is 10.0. The van der Waals surface area contributed by atoms with Gasteiger partial charge in [-0.05, 0) is 36.8 Å². The molecule has 0 unspecified atom stereocenters. The first-order valence-electron chi connectivity index (χ1n) is 6.76. The number of nitrogens with one attached hydrogen (secondary N) is 1. The Morgan fingerprint density at radius 3 is 2.95 bits per heavy atom. The third-order valence-electron chi connectivity index (χ3n) is 3.50. The van der Waals surface area contributed by atoms with E-state index >= 15 is 0 Å². The molecule has 0 bridgehead atoms. The van der Waals surface area contributed by atoms with Gasteiger partial charge < -0.3 is 11.1 Å². The van der Waals surface area contributed by atoms with Gasteiger partial charge in [0.15, 0.2) is 0 Å². The van der Waals surface area contributed by atoms with Crippen LogP contribution >= 0.6 is 11.3 Å². The Kier molecular flexibility index (Phi) is 4.62. The van der Waals surface area contributed by atoms with Crippen LogP contribution < -0.4 is 11.1 Å². The number of thiophene rings is 1. The molecule has 3 nitrogen and oxygen atoms in total. The van der Waals surface area contributed by atoms with Gasteiger partial charge in [0.25, 0.3) is 5.91 Å². The Morgan fingerprint density at radius 1 is 1.53 bits per heavy atom. The third-order valence-corrected chi connectivity index (χ3v) is 4.50. The van der Waals surface area contributed by atoms with Crippen LogP contribution in [0.2, 0.25) is 0 Å². The first kappa shape index (κ1) is 14.1. The molecule has 0 aromatic carbocycles. The van der Waals surface area contributed by atoms with Crippen LogP contribution in [0.4, 0.5) is 0 Å². The van der Waals surface area contributed by atoms with Crippen LogP contribution in [-0.2, 0) is 0 Å². The SMILES string of the molecule is CCCC1(CNC(=O)c2ccc(C#CCN)s2)CC1.